The van der Waals surface area contributed by atoms with Gasteiger partial charge in [-0.25, -0.2) is 17.2 Å². The molecular weight excluding hydrogens is 442 g/mol. The van der Waals surface area contributed by atoms with Crippen LogP contribution in [0.5, 0.6) is 0 Å². The lowest BCUT2D eigenvalue weighted by Crippen LogP contribution is -2.48. The van der Waals surface area contributed by atoms with Gasteiger partial charge in [0, 0.05) is 29.1 Å². The number of sulfonamides is 1. The van der Waals surface area contributed by atoms with Gasteiger partial charge in [-0.2, -0.15) is 11.8 Å². The summed E-state index contributed by atoms with van der Waals surface area (Å²) in [7, 11) is -3.90. The molecule has 10 heteroatoms. The average molecular weight is 463 g/mol. The number of benzene rings is 2. The third kappa shape index (κ3) is 6.58. The zero-order chi connectivity index (χ0) is 21.6. The number of anilines is 1. The Hall–Kier alpha value is -1.84. The summed E-state index contributed by atoms with van der Waals surface area (Å²) in [4.78, 5) is 12.4. The highest BCUT2D eigenvalue weighted by molar-refractivity contribution is 7.98. The van der Waals surface area contributed by atoms with E-state index in [1.54, 1.807) is 17.8 Å². The predicted molar refractivity (Wildman–Crippen MR) is 114 cm³/mol. The molecule has 0 aromatic heterocycles. The molecule has 5 nitrogen and oxygen atoms in total. The van der Waals surface area contributed by atoms with Gasteiger partial charge in [-0.3, -0.25) is 9.10 Å². The molecule has 0 spiro atoms. The normalized spacial score (nSPS) is 12.4. The Balaban J connectivity index is 1.95. The van der Waals surface area contributed by atoms with E-state index in [2.05, 4.69) is 5.32 Å². The minimum atomic E-state index is -3.90. The molecule has 0 unspecified atom stereocenters. The summed E-state index contributed by atoms with van der Waals surface area (Å²) in [5, 5.41) is 3.34. The first kappa shape index (κ1) is 23.4. The summed E-state index contributed by atoms with van der Waals surface area (Å²) in [5.74, 6) is -1.57. The second-order valence-electron chi connectivity index (χ2n) is 6.27. The maximum Gasteiger partial charge on any atom is 0.243 e. The minimum absolute atomic E-state index is 0.123. The van der Waals surface area contributed by atoms with Gasteiger partial charge < -0.3 is 5.32 Å². The number of carbonyl (C=O) groups is 1. The lowest BCUT2D eigenvalue weighted by atomic mass is 10.2. The molecule has 0 aliphatic carbocycles. The summed E-state index contributed by atoms with van der Waals surface area (Å²) >= 11 is 7.66. The standard InChI is InChI=1S/C19H21ClF2N2O3S2/c1-13(24(29(2,26)27)15-7-8-17(21)18(22)11-15)19(25)23-9-10-28-12-14-5-3-4-6-16(14)20/h3-8,11,13H,9-10,12H2,1-2H3,(H,23,25)/t13-/m1/s1. The molecule has 158 valence electrons. The van der Waals surface area contributed by atoms with Crippen molar-refractivity contribution in [1.82, 2.24) is 5.32 Å². The molecule has 0 bridgehead atoms. The number of amides is 1. The monoisotopic (exact) mass is 462 g/mol. The van der Waals surface area contributed by atoms with Crippen molar-refractivity contribution in [2.75, 3.05) is 22.9 Å². The molecule has 0 saturated heterocycles. The first-order valence-corrected chi connectivity index (χ1v) is 12.0. The number of thioether (sulfide) groups is 1. The summed E-state index contributed by atoms with van der Waals surface area (Å²) in [6, 6.07) is 9.01. The van der Waals surface area contributed by atoms with Gasteiger partial charge in [-0.15, -0.1) is 0 Å². The number of nitrogens with zero attached hydrogens (tertiary/aromatic N) is 1. The molecule has 2 aromatic rings. The predicted octanol–water partition coefficient (Wildman–Crippen LogP) is 3.82. The largest absolute Gasteiger partial charge is 0.353 e. The van der Waals surface area contributed by atoms with Gasteiger partial charge in [-0.1, -0.05) is 29.8 Å². The van der Waals surface area contributed by atoms with Crippen molar-refractivity contribution in [3.63, 3.8) is 0 Å². The smallest absolute Gasteiger partial charge is 0.243 e. The first-order valence-electron chi connectivity index (χ1n) is 8.64. The van der Waals surface area contributed by atoms with Crippen LogP contribution in [0.25, 0.3) is 0 Å². The van der Waals surface area contributed by atoms with Crippen molar-refractivity contribution < 1.29 is 22.0 Å². The molecule has 0 fully saturated rings. The van der Waals surface area contributed by atoms with Gasteiger partial charge in [0.15, 0.2) is 11.6 Å². The number of halogens is 3. The van der Waals surface area contributed by atoms with Gasteiger partial charge in [-0.05, 0) is 30.7 Å². The second-order valence-corrected chi connectivity index (χ2v) is 9.64. The molecule has 1 amide bonds. The highest BCUT2D eigenvalue weighted by Gasteiger charge is 2.29. The van der Waals surface area contributed by atoms with E-state index in [9.17, 15) is 22.0 Å². The van der Waals surface area contributed by atoms with E-state index in [1.807, 2.05) is 18.2 Å². The van der Waals surface area contributed by atoms with Gasteiger partial charge >= 0.3 is 0 Å². The van der Waals surface area contributed by atoms with Crippen LogP contribution in [0.4, 0.5) is 14.5 Å². The molecule has 2 rings (SSSR count). The molecule has 0 aliphatic heterocycles. The zero-order valence-corrected chi connectivity index (χ0v) is 18.3. The van der Waals surface area contributed by atoms with Crippen LogP contribution in [0.15, 0.2) is 42.5 Å². The fraction of sp³-hybridized carbons (Fsp3) is 0.316. The van der Waals surface area contributed by atoms with Gasteiger partial charge in [0.05, 0.1) is 11.9 Å². The van der Waals surface area contributed by atoms with Crippen LogP contribution < -0.4 is 9.62 Å². The Kier molecular flexibility index (Phi) is 8.30. The van der Waals surface area contributed by atoms with E-state index in [1.165, 1.54) is 6.92 Å². The van der Waals surface area contributed by atoms with Crippen molar-refractivity contribution in [3.05, 3.63) is 64.7 Å². The summed E-state index contributed by atoms with van der Waals surface area (Å²) in [5.41, 5.74) is 0.864. The summed E-state index contributed by atoms with van der Waals surface area (Å²) < 4.78 is 51.8. The third-order valence-electron chi connectivity index (χ3n) is 4.01. The number of hydrogen-bond donors (Lipinski definition) is 1. The molecule has 2 aromatic carbocycles. The summed E-state index contributed by atoms with van der Waals surface area (Å²) in [6.07, 6.45) is 0.900. The molecule has 0 aliphatic rings. The quantitative estimate of drug-likeness (QED) is 0.575. The number of nitrogens with one attached hydrogen (secondary N) is 1. The van der Waals surface area contributed by atoms with E-state index in [4.69, 9.17) is 11.6 Å². The SMILES string of the molecule is C[C@H](C(=O)NCCSCc1ccccc1Cl)N(c1ccc(F)c(F)c1)S(C)(=O)=O. The average Bonchev–Trinajstić information content (AvgIpc) is 2.64. The topological polar surface area (TPSA) is 66.5 Å². The Morgan fingerprint density at radius 2 is 1.90 bits per heavy atom. The van der Waals surface area contributed by atoms with E-state index >= 15 is 0 Å². The molecule has 1 N–H and O–H groups in total. The maximum atomic E-state index is 13.5. The van der Waals surface area contributed by atoms with Crippen LogP contribution in [0.1, 0.15) is 12.5 Å². The Labute approximate surface area is 178 Å². The molecule has 0 radical (unpaired) electrons. The zero-order valence-electron chi connectivity index (χ0n) is 15.9. The Morgan fingerprint density at radius 1 is 1.21 bits per heavy atom. The van der Waals surface area contributed by atoms with Gasteiger partial charge in [0.1, 0.15) is 6.04 Å². The molecule has 29 heavy (non-hydrogen) atoms. The van der Waals surface area contributed by atoms with Crippen molar-refractivity contribution >= 4 is 45.0 Å². The fourth-order valence-electron chi connectivity index (χ4n) is 2.62. The van der Waals surface area contributed by atoms with E-state index in [0.29, 0.717) is 23.1 Å². The first-order chi connectivity index (χ1) is 13.6. The second kappa shape index (κ2) is 10.3. The Bertz CT molecular complexity index is 974. The van der Waals surface area contributed by atoms with E-state index in [0.717, 1.165) is 34.3 Å². The van der Waals surface area contributed by atoms with Crippen molar-refractivity contribution in [2.24, 2.45) is 0 Å². The summed E-state index contributed by atoms with van der Waals surface area (Å²) in [6.45, 7) is 1.70. The van der Waals surface area contributed by atoms with Gasteiger partial charge in [0.2, 0.25) is 15.9 Å². The van der Waals surface area contributed by atoms with Crippen molar-refractivity contribution in [1.29, 1.82) is 0 Å². The number of hydrogen-bond acceptors (Lipinski definition) is 4. The number of rotatable bonds is 9. The van der Waals surface area contributed by atoms with Crippen LogP contribution in [0.2, 0.25) is 5.02 Å². The van der Waals surface area contributed by atoms with Crippen LogP contribution in [-0.4, -0.2) is 38.9 Å². The minimum Gasteiger partial charge on any atom is -0.353 e. The Morgan fingerprint density at radius 3 is 2.52 bits per heavy atom. The van der Waals surface area contributed by atoms with Crippen molar-refractivity contribution in [2.45, 2.75) is 18.7 Å². The molecule has 0 saturated carbocycles. The van der Waals surface area contributed by atoms with Gasteiger partial charge in [0.25, 0.3) is 0 Å². The maximum absolute atomic E-state index is 13.5. The lowest BCUT2D eigenvalue weighted by Gasteiger charge is -2.28. The fourth-order valence-corrected chi connectivity index (χ4v) is 4.93. The van der Waals surface area contributed by atoms with E-state index in [-0.39, 0.29) is 5.69 Å². The van der Waals surface area contributed by atoms with Crippen LogP contribution in [0, 0.1) is 11.6 Å². The highest BCUT2D eigenvalue weighted by atomic mass is 35.5. The van der Waals surface area contributed by atoms with Crippen LogP contribution >= 0.6 is 23.4 Å². The number of carbonyl (C=O) groups excluding carboxylic acids is 1. The molecule has 1 atom stereocenters. The molecular formula is C19H21ClF2N2O3S2. The third-order valence-corrected chi connectivity index (χ3v) is 6.63. The van der Waals surface area contributed by atoms with Crippen molar-refractivity contribution in [3.8, 4) is 0 Å². The van der Waals surface area contributed by atoms with E-state index < -0.39 is 33.6 Å². The highest BCUT2D eigenvalue weighted by Crippen LogP contribution is 2.23. The van der Waals surface area contributed by atoms with Crippen LogP contribution in [0.3, 0.4) is 0 Å². The van der Waals surface area contributed by atoms with Crippen LogP contribution in [-0.2, 0) is 20.6 Å². The lowest BCUT2D eigenvalue weighted by molar-refractivity contribution is -0.121. The molecule has 0 heterocycles.